The number of carbonyl (C=O) groups is 5. The lowest BCUT2D eigenvalue weighted by Crippen LogP contribution is -2.25. The Balaban J connectivity index is 0.000000216. The molecule has 2 aromatic carbocycles. The van der Waals surface area contributed by atoms with Gasteiger partial charge in [0.25, 0.3) is 11.8 Å². The van der Waals surface area contributed by atoms with Gasteiger partial charge in [-0.1, -0.05) is 32.9 Å². The second kappa shape index (κ2) is 22.9. The molecule has 6 rings (SSSR count). The number of nitrogens with one attached hydrogen (secondary N) is 1. The molecule has 0 unspecified atom stereocenters. The smallest absolute Gasteiger partial charge is 0.313 e. The van der Waals surface area contributed by atoms with Crippen molar-refractivity contribution in [3.05, 3.63) is 103 Å². The van der Waals surface area contributed by atoms with Gasteiger partial charge in [-0.15, -0.1) is 0 Å². The fourth-order valence-corrected chi connectivity index (χ4v) is 6.76. The highest BCUT2D eigenvalue weighted by Crippen LogP contribution is 2.25. The number of ether oxygens (including phenoxy) is 1. The number of aromatic nitrogens is 6. The monoisotopic (exact) mass is 1040 g/mol. The lowest BCUT2D eigenvalue weighted by atomic mass is 10.1. The van der Waals surface area contributed by atoms with Crippen LogP contribution >= 0.6 is 45.2 Å². The lowest BCUT2D eigenvalue weighted by molar-refractivity contribution is -0.159. The molecule has 3 amide bonds. The van der Waals surface area contributed by atoms with Gasteiger partial charge in [0.2, 0.25) is 5.91 Å². The number of amides is 3. The Morgan fingerprint density at radius 1 is 0.683 bits per heavy atom. The maximum Gasteiger partial charge on any atom is 0.313 e. The Hall–Kier alpha value is -5.35. The van der Waals surface area contributed by atoms with Crippen molar-refractivity contribution >= 4 is 96.6 Å². The second-order valence-corrected chi connectivity index (χ2v) is 16.0. The maximum atomic E-state index is 12.0. The van der Waals surface area contributed by atoms with E-state index in [1.807, 2.05) is 88.5 Å². The van der Waals surface area contributed by atoms with E-state index < -0.39 is 23.8 Å². The highest BCUT2D eigenvalue weighted by atomic mass is 127. The molecule has 0 saturated carbocycles. The predicted octanol–water partition coefficient (Wildman–Crippen LogP) is 6.38. The number of fused-ring (bicyclic) bond motifs is 2. The number of nitrogens with two attached hydrogens (primary N) is 2. The lowest BCUT2D eigenvalue weighted by Gasteiger charge is -2.17. The number of nitrogens with zero attached hydrogens (tertiary/aromatic N) is 7. The number of pyridine rings is 2. The van der Waals surface area contributed by atoms with Gasteiger partial charge in [-0.25, -0.2) is 19.3 Å². The zero-order chi connectivity index (χ0) is 43.9. The molecule has 0 aliphatic carbocycles. The minimum absolute atomic E-state index is 0.0893. The molecular weight excluding hydrogens is 994 g/mol. The summed E-state index contributed by atoms with van der Waals surface area (Å²) in [6.07, 6.45) is 6.83. The molecule has 5 N–H and O–H groups in total. The summed E-state index contributed by atoms with van der Waals surface area (Å²) in [6.45, 7) is 6.88. The fraction of sp³-hybridized carbons (Fsp3) is 0.310. The summed E-state index contributed by atoms with van der Waals surface area (Å²) in [5, 5.41) is 13.2. The molecular formula is C42H48I2N10O6. The molecule has 0 aliphatic heterocycles. The summed E-state index contributed by atoms with van der Waals surface area (Å²) >= 11 is 4.41. The van der Waals surface area contributed by atoms with E-state index >= 15 is 0 Å². The van der Waals surface area contributed by atoms with Crippen LogP contribution in [-0.4, -0.2) is 78.2 Å². The SMILES string of the molecule is CCCC(=O)N(C)Cc1ccc2c(c1)c(C(N)=O)nn2-c1cc(I)ccn1.CCCC(=O)OC(=O)CCC.CNCc1ccc2c(c1)c(C(N)=O)nn2-c1cc(I)ccn1. The number of benzene rings is 2. The van der Waals surface area contributed by atoms with E-state index in [0.29, 0.717) is 49.4 Å². The first-order valence-corrected chi connectivity index (χ1v) is 21.4. The Bertz CT molecular complexity index is 2470. The van der Waals surface area contributed by atoms with Gasteiger partial charge in [0, 0.05) is 69.7 Å². The Morgan fingerprint density at radius 2 is 1.13 bits per heavy atom. The summed E-state index contributed by atoms with van der Waals surface area (Å²) in [5.74, 6) is -0.607. The van der Waals surface area contributed by atoms with Crippen LogP contribution in [0, 0.1) is 7.14 Å². The molecule has 0 radical (unpaired) electrons. The molecule has 0 spiro atoms. The average molecular weight is 1040 g/mol. The first-order valence-electron chi connectivity index (χ1n) is 19.2. The summed E-state index contributed by atoms with van der Waals surface area (Å²) < 4.78 is 9.77. The quantitative estimate of drug-likeness (QED) is 0.0617. The van der Waals surface area contributed by atoms with Crippen LogP contribution in [0.3, 0.4) is 0 Å². The van der Waals surface area contributed by atoms with E-state index in [9.17, 15) is 24.0 Å². The van der Waals surface area contributed by atoms with Crippen LogP contribution in [-0.2, 0) is 32.2 Å². The van der Waals surface area contributed by atoms with Crippen LogP contribution in [0.15, 0.2) is 73.1 Å². The van der Waals surface area contributed by atoms with Crippen molar-refractivity contribution in [2.24, 2.45) is 11.5 Å². The summed E-state index contributed by atoms with van der Waals surface area (Å²) in [4.78, 5) is 67.4. The van der Waals surface area contributed by atoms with Crippen molar-refractivity contribution in [3.63, 3.8) is 0 Å². The molecule has 16 nitrogen and oxygen atoms in total. The molecule has 60 heavy (non-hydrogen) atoms. The third-order valence-electron chi connectivity index (χ3n) is 8.63. The number of hydrogen-bond acceptors (Lipinski definition) is 11. The molecule has 316 valence electrons. The van der Waals surface area contributed by atoms with Gasteiger partial charge < -0.3 is 26.4 Å². The molecule has 4 aromatic heterocycles. The van der Waals surface area contributed by atoms with Crippen molar-refractivity contribution in [1.82, 2.24) is 39.7 Å². The zero-order valence-corrected chi connectivity index (χ0v) is 38.4. The number of esters is 2. The van der Waals surface area contributed by atoms with Crippen molar-refractivity contribution in [2.75, 3.05) is 14.1 Å². The second-order valence-electron chi connectivity index (χ2n) is 13.5. The van der Waals surface area contributed by atoms with E-state index in [1.165, 1.54) is 0 Å². The highest BCUT2D eigenvalue weighted by Gasteiger charge is 2.19. The molecule has 0 atom stereocenters. The number of rotatable bonds is 14. The number of primary amides is 2. The standard InChI is InChI=1S/C19H20IN5O2.C15H14IN5O.C8H14O3/c1-3-4-17(26)24(2)11-12-5-6-15-14(9-12)18(19(21)27)23-25(15)16-10-13(20)7-8-22-16;1-18-8-9-2-3-12-11(6-9)14(15(17)22)20-21(12)13-7-10(16)4-5-19-13;1-3-5-7(9)11-8(10)6-4-2/h5-10H,3-4,11H2,1-2H3,(H2,21,27);2-7,18H,8H2,1H3,(H2,17,22);3-6H2,1-2H3. The van der Waals surface area contributed by atoms with Gasteiger partial charge in [0.1, 0.15) is 0 Å². The van der Waals surface area contributed by atoms with Gasteiger partial charge in [-0.2, -0.15) is 10.2 Å². The van der Waals surface area contributed by atoms with Gasteiger partial charge in [0.05, 0.1) is 11.0 Å². The molecule has 0 saturated heterocycles. The summed E-state index contributed by atoms with van der Waals surface area (Å²) in [6, 6.07) is 19.1. The number of hydrogen-bond donors (Lipinski definition) is 3. The van der Waals surface area contributed by atoms with E-state index in [1.54, 1.807) is 33.7 Å². The van der Waals surface area contributed by atoms with Crippen molar-refractivity contribution in [1.29, 1.82) is 0 Å². The van der Waals surface area contributed by atoms with Crippen LogP contribution in [0.5, 0.6) is 0 Å². The van der Waals surface area contributed by atoms with E-state index in [0.717, 1.165) is 53.9 Å². The molecule has 0 fully saturated rings. The topological polar surface area (TPSA) is 223 Å². The van der Waals surface area contributed by atoms with Crippen LogP contribution in [0.4, 0.5) is 0 Å². The number of halogens is 2. The van der Waals surface area contributed by atoms with Gasteiger partial charge >= 0.3 is 11.9 Å². The Morgan fingerprint density at radius 3 is 1.55 bits per heavy atom. The van der Waals surface area contributed by atoms with Gasteiger partial charge in [-0.05, 0) is 131 Å². The predicted molar refractivity (Wildman–Crippen MR) is 245 cm³/mol. The van der Waals surface area contributed by atoms with E-state index in [-0.39, 0.29) is 17.3 Å². The summed E-state index contributed by atoms with van der Waals surface area (Å²) in [7, 11) is 3.65. The van der Waals surface area contributed by atoms with Gasteiger partial charge in [-0.3, -0.25) is 24.0 Å². The first kappa shape index (κ1) is 47.3. The molecule has 4 heterocycles. The average Bonchev–Trinajstić information content (AvgIpc) is 3.78. The Labute approximate surface area is 375 Å². The maximum absolute atomic E-state index is 12.0. The van der Waals surface area contributed by atoms with Crippen molar-refractivity contribution < 1.29 is 28.7 Å². The summed E-state index contributed by atoms with van der Waals surface area (Å²) in [5.41, 5.74) is 15.0. The molecule has 0 bridgehead atoms. The fourth-order valence-electron chi connectivity index (χ4n) is 5.88. The van der Waals surface area contributed by atoms with E-state index in [2.05, 4.69) is 75.4 Å². The molecule has 6 aromatic rings. The minimum Gasteiger partial charge on any atom is -0.393 e. The van der Waals surface area contributed by atoms with Crippen LogP contribution in [0.1, 0.15) is 91.4 Å². The highest BCUT2D eigenvalue weighted by molar-refractivity contribution is 14.1. The largest absolute Gasteiger partial charge is 0.393 e. The normalized spacial score (nSPS) is 10.7. The van der Waals surface area contributed by atoms with Gasteiger partial charge in [0.15, 0.2) is 23.0 Å². The third kappa shape index (κ3) is 12.8. The van der Waals surface area contributed by atoms with Crippen molar-refractivity contribution in [2.45, 2.75) is 72.4 Å². The van der Waals surface area contributed by atoms with Crippen molar-refractivity contribution in [3.8, 4) is 11.6 Å². The van der Waals surface area contributed by atoms with Crippen LogP contribution in [0.2, 0.25) is 0 Å². The third-order valence-corrected chi connectivity index (χ3v) is 9.97. The van der Waals surface area contributed by atoms with Crippen LogP contribution in [0.25, 0.3) is 33.4 Å². The molecule has 0 aliphatic rings. The number of carbonyl (C=O) groups excluding carboxylic acids is 5. The first-order chi connectivity index (χ1) is 28.7. The molecule has 18 heteroatoms. The zero-order valence-electron chi connectivity index (χ0n) is 34.1. The Kier molecular flexibility index (Phi) is 18.0. The minimum atomic E-state index is -0.600. The van der Waals surface area contributed by atoms with E-state index in [4.69, 9.17) is 11.5 Å². The van der Waals surface area contributed by atoms with Crippen LogP contribution < -0.4 is 16.8 Å².